The third-order valence-electron chi connectivity index (χ3n) is 7.22. The molecule has 42 heavy (non-hydrogen) atoms. The highest BCUT2D eigenvalue weighted by Crippen LogP contribution is 2.32. The van der Waals surface area contributed by atoms with Crippen LogP contribution in [-0.4, -0.2) is 49.0 Å². The molecule has 0 radical (unpaired) electrons. The SMILES string of the molecule is COc1ccc(CN(Cc2cccc(F)c2)Cc2ccc(C(=O)N3CCN(c4cccc(C(F)(F)F)c4)CC3)o2)cc1. The fraction of sp³-hybridized carbons (Fsp3) is 0.281. The summed E-state index contributed by atoms with van der Waals surface area (Å²) in [5.41, 5.74) is 1.63. The molecule has 0 aliphatic carbocycles. The number of furan rings is 1. The second-order valence-electron chi connectivity index (χ2n) is 10.2. The number of benzene rings is 3. The van der Waals surface area contributed by atoms with E-state index in [2.05, 4.69) is 4.90 Å². The van der Waals surface area contributed by atoms with Crippen molar-refractivity contribution in [3.63, 3.8) is 0 Å². The molecule has 1 aliphatic heterocycles. The van der Waals surface area contributed by atoms with Gasteiger partial charge >= 0.3 is 6.18 Å². The monoisotopic (exact) mass is 581 g/mol. The fourth-order valence-electron chi connectivity index (χ4n) is 5.05. The van der Waals surface area contributed by atoms with Crippen molar-refractivity contribution in [2.75, 3.05) is 38.2 Å². The summed E-state index contributed by atoms with van der Waals surface area (Å²) in [7, 11) is 1.61. The van der Waals surface area contributed by atoms with Crippen LogP contribution < -0.4 is 9.64 Å². The molecule has 0 saturated carbocycles. The Bertz CT molecular complexity index is 1500. The molecule has 0 atom stereocenters. The van der Waals surface area contributed by atoms with Gasteiger partial charge in [-0.25, -0.2) is 4.39 Å². The zero-order chi connectivity index (χ0) is 29.7. The third-order valence-corrected chi connectivity index (χ3v) is 7.22. The standard InChI is InChI=1S/C32H31F4N3O3/c1-41-28-10-8-23(9-11-28)20-37(21-24-4-2-6-26(33)18-24)22-29-12-13-30(42-29)31(40)39-16-14-38(15-17-39)27-7-3-5-25(19-27)32(34,35)36/h2-13,18-19H,14-17,20-22H2,1H3. The van der Waals surface area contributed by atoms with Crippen LogP contribution in [0.4, 0.5) is 23.2 Å². The number of halogens is 4. The Balaban J connectivity index is 1.23. The van der Waals surface area contributed by atoms with Gasteiger partial charge in [-0.3, -0.25) is 9.69 Å². The van der Waals surface area contributed by atoms with Gasteiger partial charge in [-0.1, -0.05) is 30.3 Å². The maximum Gasteiger partial charge on any atom is 0.416 e. The van der Waals surface area contributed by atoms with Crippen molar-refractivity contribution < 1.29 is 31.5 Å². The molecule has 4 aromatic rings. The van der Waals surface area contributed by atoms with Crippen LogP contribution in [0.15, 0.2) is 89.3 Å². The van der Waals surface area contributed by atoms with Crippen molar-refractivity contribution in [1.29, 1.82) is 0 Å². The second kappa shape index (κ2) is 12.7. The Morgan fingerprint density at radius 3 is 2.26 bits per heavy atom. The topological polar surface area (TPSA) is 49.2 Å². The van der Waals surface area contributed by atoms with Gasteiger partial charge in [0.2, 0.25) is 0 Å². The average molecular weight is 582 g/mol. The van der Waals surface area contributed by atoms with Gasteiger partial charge in [-0.2, -0.15) is 13.2 Å². The largest absolute Gasteiger partial charge is 0.497 e. The fourth-order valence-corrected chi connectivity index (χ4v) is 5.05. The number of amides is 1. The van der Waals surface area contributed by atoms with Crippen LogP contribution in [0.5, 0.6) is 5.75 Å². The van der Waals surface area contributed by atoms with Crippen LogP contribution in [0.3, 0.4) is 0 Å². The maximum absolute atomic E-state index is 13.9. The molecule has 6 nitrogen and oxygen atoms in total. The van der Waals surface area contributed by atoms with Crippen molar-refractivity contribution in [3.05, 3.63) is 119 Å². The quantitative estimate of drug-likeness (QED) is 0.208. The van der Waals surface area contributed by atoms with E-state index in [1.165, 1.54) is 18.2 Å². The lowest BCUT2D eigenvalue weighted by Crippen LogP contribution is -2.48. The van der Waals surface area contributed by atoms with Crippen LogP contribution >= 0.6 is 0 Å². The number of carbonyl (C=O) groups excluding carboxylic acids is 1. The van der Waals surface area contributed by atoms with E-state index in [0.717, 1.165) is 29.0 Å². The van der Waals surface area contributed by atoms with Crippen molar-refractivity contribution in [2.24, 2.45) is 0 Å². The van der Waals surface area contributed by atoms with E-state index in [0.29, 0.717) is 57.3 Å². The molecule has 2 heterocycles. The van der Waals surface area contributed by atoms with Crippen LogP contribution in [-0.2, 0) is 25.8 Å². The van der Waals surface area contributed by atoms with Crippen LogP contribution in [0.1, 0.15) is 33.0 Å². The zero-order valence-electron chi connectivity index (χ0n) is 23.1. The average Bonchev–Trinajstić information content (AvgIpc) is 3.45. The Labute approximate surface area is 241 Å². The minimum Gasteiger partial charge on any atom is -0.497 e. The van der Waals surface area contributed by atoms with E-state index in [4.69, 9.17) is 9.15 Å². The van der Waals surface area contributed by atoms with Gasteiger partial charge < -0.3 is 19.0 Å². The highest BCUT2D eigenvalue weighted by molar-refractivity contribution is 5.91. The lowest BCUT2D eigenvalue weighted by atomic mass is 10.1. The highest BCUT2D eigenvalue weighted by atomic mass is 19.4. The molecule has 1 saturated heterocycles. The van der Waals surface area contributed by atoms with Crippen molar-refractivity contribution in [3.8, 4) is 5.75 Å². The lowest BCUT2D eigenvalue weighted by Gasteiger charge is -2.36. The Morgan fingerprint density at radius 2 is 1.57 bits per heavy atom. The summed E-state index contributed by atoms with van der Waals surface area (Å²) in [5.74, 6) is 0.964. The number of anilines is 1. The van der Waals surface area contributed by atoms with Gasteiger partial charge in [0.25, 0.3) is 5.91 Å². The van der Waals surface area contributed by atoms with E-state index in [1.54, 1.807) is 36.3 Å². The number of nitrogens with zero attached hydrogens (tertiary/aromatic N) is 3. The summed E-state index contributed by atoms with van der Waals surface area (Å²) in [4.78, 5) is 18.8. The number of hydrogen-bond acceptors (Lipinski definition) is 5. The number of piperazine rings is 1. The van der Waals surface area contributed by atoms with Crippen LogP contribution in [0, 0.1) is 5.82 Å². The number of ether oxygens (including phenoxy) is 1. The predicted molar refractivity (Wildman–Crippen MR) is 151 cm³/mol. The van der Waals surface area contributed by atoms with Crippen molar-refractivity contribution >= 4 is 11.6 Å². The molecule has 1 amide bonds. The molecule has 1 aliphatic rings. The molecule has 0 unspecified atom stereocenters. The van der Waals surface area contributed by atoms with Crippen LogP contribution in [0.25, 0.3) is 0 Å². The summed E-state index contributed by atoms with van der Waals surface area (Å²) < 4.78 is 64.5. The highest BCUT2D eigenvalue weighted by Gasteiger charge is 2.31. The molecule has 3 aromatic carbocycles. The predicted octanol–water partition coefficient (Wildman–Crippen LogP) is 6.61. The minimum atomic E-state index is -4.41. The molecule has 1 fully saturated rings. The number of rotatable bonds is 9. The first-order valence-corrected chi connectivity index (χ1v) is 13.6. The minimum absolute atomic E-state index is 0.202. The Morgan fingerprint density at radius 1 is 0.857 bits per heavy atom. The first-order valence-electron chi connectivity index (χ1n) is 13.6. The first-order chi connectivity index (χ1) is 20.2. The van der Waals surface area contributed by atoms with Gasteiger partial charge in [0.05, 0.1) is 19.2 Å². The van der Waals surface area contributed by atoms with Crippen molar-refractivity contribution in [1.82, 2.24) is 9.80 Å². The van der Waals surface area contributed by atoms with E-state index < -0.39 is 11.7 Å². The molecule has 0 N–H and O–H groups in total. The summed E-state index contributed by atoms with van der Waals surface area (Å²) in [6.45, 7) is 2.93. The van der Waals surface area contributed by atoms with E-state index >= 15 is 0 Å². The first kappa shape index (κ1) is 29.2. The Hall–Kier alpha value is -4.31. The summed E-state index contributed by atoms with van der Waals surface area (Å²) in [5, 5.41) is 0. The zero-order valence-corrected chi connectivity index (χ0v) is 23.1. The van der Waals surface area contributed by atoms with Gasteiger partial charge in [0.1, 0.15) is 17.3 Å². The molecular weight excluding hydrogens is 550 g/mol. The summed E-state index contributed by atoms with van der Waals surface area (Å²) >= 11 is 0. The Kier molecular flexibility index (Phi) is 8.82. The molecule has 5 rings (SSSR count). The van der Waals surface area contributed by atoms with E-state index in [1.807, 2.05) is 35.2 Å². The molecule has 0 spiro atoms. The van der Waals surface area contributed by atoms with Crippen molar-refractivity contribution in [2.45, 2.75) is 25.8 Å². The summed E-state index contributed by atoms with van der Waals surface area (Å²) in [6, 6.07) is 22.8. The van der Waals surface area contributed by atoms with E-state index in [-0.39, 0.29) is 17.5 Å². The number of alkyl halides is 3. The molecule has 1 aromatic heterocycles. The number of hydrogen-bond donors (Lipinski definition) is 0. The number of carbonyl (C=O) groups is 1. The molecule has 10 heteroatoms. The molecule has 220 valence electrons. The van der Waals surface area contributed by atoms with Gasteiger partial charge in [-0.15, -0.1) is 0 Å². The third kappa shape index (κ3) is 7.30. The molecule has 0 bridgehead atoms. The maximum atomic E-state index is 13.9. The van der Waals surface area contributed by atoms with Gasteiger partial charge in [0.15, 0.2) is 5.76 Å². The lowest BCUT2D eigenvalue weighted by molar-refractivity contribution is -0.137. The van der Waals surface area contributed by atoms with E-state index in [9.17, 15) is 22.4 Å². The smallest absolute Gasteiger partial charge is 0.416 e. The normalized spacial score (nSPS) is 14.0. The summed E-state index contributed by atoms with van der Waals surface area (Å²) in [6.07, 6.45) is -4.41. The van der Waals surface area contributed by atoms with Crippen LogP contribution in [0.2, 0.25) is 0 Å². The second-order valence-corrected chi connectivity index (χ2v) is 10.2. The molecular formula is C32H31F4N3O3. The number of methoxy groups -OCH3 is 1. The van der Waals surface area contributed by atoms with Gasteiger partial charge in [0, 0.05) is 45.0 Å². The van der Waals surface area contributed by atoms with Gasteiger partial charge in [-0.05, 0) is 65.7 Å².